The molecule has 1 nitrogen and oxygen atoms in total. The van der Waals surface area contributed by atoms with Gasteiger partial charge in [0.25, 0.3) is 0 Å². The van der Waals surface area contributed by atoms with Gasteiger partial charge in [0.15, 0.2) is 0 Å². The molecule has 1 N–H and O–H groups in total. The maximum atomic E-state index is 10.3. The molecule has 0 bridgehead atoms. The Hall–Kier alpha value is -0.0800. The fourth-order valence-electron chi connectivity index (χ4n) is 3.53. The topological polar surface area (TPSA) is 20.2 Å². The third-order valence-corrected chi connectivity index (χ3v) is 5.15. The van der Waals surface area contributed by atoms with Crippen LogP contribution in [0.1, 0.15) is 32.1 Å². The van der Waals surface area contributed by atoms with Crippen molar-refractivity contribution in [3.8, 4) is 0 Å². The van der Waals surface area contributed by atoms with Crippen LogP contribution in [0.25, 0.3) is 0 Å². The number of hydrogen-bond donors (Lipinski definition) is 1. The highest BCUT2D eigenvalue weighted by atomic mass is 79.9. The minimum Gasteiger partial charge on any atom is -0.388 e. The lowest BCUT2D eigenvalue weighted by atomic mass is 9.80. The Morgan fingerprint density at radius 2 is 1.93 bits per heavy atom. The second-order valence-electron chi connectivity index (χ2n) is 4.99. The van der Waals surface area contributed by atoms with Gasteiger partial charge in [0.1, 0.15) is 0 Å². The first-order valence-corrected chi connectivity index (χ1v) is 6.91. The van der Waals surface area contributed by atoms with Crippen molar-refractivity contribution in [1.82, 2.24) is 0 Å². The smallest absolute Gasteiger partial charge is 0.0821 e. The van der Waals surface area contributed by atoms with E-state index in [9.17, 15) is 5.11 Å². The molecular formula is C13H17BrO. The fraction of sp³-hybridized carbons (Fsp3) is 0.692. The SMILES string of the molecule is OC1C2=C(CCCC2)C2C(Br)CC=CC12. The zero-order valence-electron chi connectivity index (χ0n) is 8.82. The summed E-state index contributed by atoms with van der Waals surface area (Å²) in [5.41, 5.74) is 2.97. The highest BCUT2D eigenvalue weighted by Gasteiger charge is 2.44. The van der Waals surface area contributed by atoms with Crippen LogP contribution in [0.3, 0.4) is 0 Å². The quantitative estimate of drug-likeness (QED) is 0.529. The maximum absolute atomic E-state index is 10.3. The Labute approximate surface area is 99.4 Å². The molecule has 0 aromatic heterocycles. The molecule has 4 atom stereocenters. The lowest BCUT2D eigenvalue weighted by Gasteiger charge is -2.29. The molecular weight excluding hydrogens is 252 g/mol. The maximum Gasteiger partial charge on any atom is 0.0821 e. The summed E-state index contributed by atoms with van der Waals surface area (Å²) in [5.74, 6) is 0.950. The number of rotatable bonds is 0. The lowest BCUT2D eigenvalue weighted by molar-refractivity contribution is 0.153. The van der Waals surface area contributed by atoms with Crippen LogP contribution in [0.15, 0.2) is 23.3 Å². The zero-order chi connectivity index (χ0) is 10.4. The number of fused-ring (bicyclic) bond motifs is 2. The summed E-state index contributed by atoms with van der Waals surface area (Å²) in [6.45, 7) is 0. The van der Waals surface area contributed by atoms with Crippen molar-refractivity contribution in [2.45, 2.75) is 43.0 Å². The van der Waals surface area contributed by atoms with Gasteiger partial charge in [-0.2, -0.15) is 0 Å². The number of hydrogen-bond acceptors (Lipinski definition) is 1. The van der Waals surface area contributed by atoms with Gasteiger partial charge >= 0.3 is 0 Å². The summed E-state index contributed by atoms with van der Waals surface area (Å²) in [4.78, 5) is 0.549. The molecule has 4 unspecified atom stereocenters. The van der Waals surface area contributed by atoms with Crippen molar-refractivity contribution < 1.29 is 5.11 Å². The van der Waals surface area contributed by atoms with Gasteiger partial charge in [-0.05, 0) is 37.7 Å². The Morgan fingerprint density at radius 3 is 2.73 bits per heavy atom. The molecule has 0 amide bonds. The van der Waals surface area contributed by atoms with Crippen LogP contribution in [0.5, 0.6) is 0 Å². The normalized spacial score (nSPS) is 44.1. The highest BCUT2D eigenvalue weighted by molar-refractivity contribution is 9.09. The van der Waals surface area contributed by atoms with Crippen LogP contribution in [-0.4, -0.2) is 16.0 Å². The molecule has 2 heteroatoms. The van der Waals surface area contributed by atoms with Crippen molar-refractivity contribution in [1.29, 1.82) is 0 Å². The van der Waals surface area contributed by atoms with E-state index in [0.717, 1.165) is 12.8 Å². The van der Waals surface area contributed by atoms with Gasteiger partial charge in [-0.25, -0.2) is 0 Å². The minimum absolute atomic E-state index is 0.179. The van der Waals surface area contributed by atoms with E-state index in [-0.39, 0.29) is 6.10 Å². The molecule has 0 aromatic carbocycles. The molecule has 3 aliphatic carbocycles. The molecule has 0 aliphatic heterocycles. The van der Waals surface area contributed by atoms with Crippen molar-refractivity contribution in [3.05, 3.63) is 23.3 Å². The van der Waals surface area contributed by atoms with Gasteiger partial charge in [0, 0.05) is 16.7 Å². The van der Waals surface area contributed by atoms with Gasteiger partial charge in [-0.3, -0.25) is 0 Å². The fourth-order valence-corrected chi connectivity index (χ4v) is 4.42. The average Bonchev–Trinajstić information content (AvgIpc) is 2.55. The molecule has 0 radical (unpaired) electrons. The van der Waals surface area contributed by atoms with Crippen molar-refractivity contribution in [2.75, 3.05) is 0 Å². The van der Waals surface area contributed by atoms with Crippen LogP contribution in [0.2, 0.25) is 0 Å². The van der Waals surface area contributed by atoms with E-state index in [1.165, 1.54) is 24.8 Å². The Morgan fingerprint density at radius 1 is 1.20 bits per heavy atom. The van der Waals surface area contributed by atoms with Crippen LogP contribution in [0, 0.1) is 11.8 Å². The number of aliphatic hydroxyl groups excluding tert-OH is 1. The monoisotopic (exact) mass is 268 g/mol. The van der Waals surface area contributed by atoms with E-state index in [4.69, 9.17) is 0 Å². The molecule has 3 rings (SSSR count). The van der Waals surface area contributed by atoms with Gasteiger partial charge in [-0.15, -0.1) is 0 Å². The second kappa shape index (κ2) is 3.74. The standard InChI is InChI=1S/C13H17BrO/c14-11-7-3-6-10-12(11)8-4-1-2-5-9(8)13(10)15/h3,6,10-13,15H,1-2,4-5,7H2. The summed E-state index contributed by atoms with van der Waals surface area (Å²) >= 11 is 3.79. The molecule has 0 spiro atoms. The molecule has 82 valence electrons. The Kier molecular flexibility index (Phi) is 2.52. The van der Waals surface area contributed by atoms with Crippen molar-refractivity contribution in [3.63, 3.8) is 0 Å². The average molecular weight is 269 g/mol. The predicted molar refractivity (Wildman–Crippen MR) is 65.0 cm³/mol. The molecule has 3 aliphatic rings. The number of halogens is 1. The molecule has 0 saturated heterocycles. The van der Waals surface area contributed by atoms with E-state index in [1.807, 2.05) is 0 Å². The Bertz CT molecular complexity index is 331. The number of alkyl halides is 1. The second-order valence-corrected chi connectivity index (χ2v) is 6.16. The van der Waals surface area contributed by atoms with Gasteiger partial charge in [-0.1, -0.05) is 33.7 Å². The summed E-state index contributed by atoms with van der Waals surface area (Å²) < 4.78 is 0. The van der Waals surface area contributed by atoms with Crippen LogP contribution >= 0.6 is 15.9 Å². The van der Waals surface area contributed by atoms with Gasteiger partial charge < -0.3 is 5.11 Å². The van der Waals surface area contributed by atoms with Crippen molar-refractivity contribution >= 4 is 15.9 Å². The van der Waals surface area contributed by atoms with Crippen LogP contribution in [-0.2, 0) is 0 Å². The molecule has 0 aromatic rings. The first kappa shape index (κ1) is 10.1. The third kappa shape index (κ3) is 1.45. The molecule has 0 heterocycles. The first-order chi connectivity index (χ1) is 7.29. The van der Waals surface area contributed by atoms with Crippen LogP contribution in [0.4, 0.5) is 0 Å². The van der Waals surface area contributed by atoms with E-state index >= 15 is 0 Å². The number of aliphatic hydroxyl groups is 1. The number of allylic oxidation sites excluding steroid dienone is 2. The lowest BCUT2D eigenvalue weighted by Crippen LogP contribution is -2.28. The van der Waals surface area contributed by atoms with Crippen molar-refractivity contribution in [2.24, 2.45) is 11.8 Å². The zero-order valence-corrected chi connectivity index (χ0v) is 10.4. The first-order valence-electron chi connectivity index (χ1n) is 5.99. The summed E-state index contributed by atoms with van der Waals surface area (Å²) in [5, 5.41) is 10.3. The van der Waals surface area contributed by atoms with Gasteiger partial charge in [0.05, 0.1) is 6.10 Å². The van der Waals surface area contributed by atoms with E-state index in [2.05, 4.69) is 28.1 Å². The van der Waals surface area contributed by atoms with Crippen LogP contribution < -0.4 is 0 Å². The summed E-state index contributed by atoms with van der Waals surface area (Å²) in [7, 11) is 0. The predicted octanol–water partition coefficient (Wildman–Crippen LogP) is 3.19. The molecule has 15 heavy (non-hydrogen) atoms. The van der Waals surface area contributed by atoms with E-state index in [0.29, 0.717) is 16.7 Å². The highest BCUT2D eigenvalue weighted by Crippen LogP contribution is 2.50. The Balaban J connectivity index is 2.00. The molecule has 0 saturated carbocycles. The largest absolute Gasteiger partial charge is 0.388 e. The van der Waals surface area contributed by atoms with E-state index < -0.39 is 0 Å². The molecule has 0 fully saturated rings. The summed E-state index contributed by atoms with van der Waals surface area (Å²) in [6, 6.07) is 0. The van der Waals surface area contributed by atoms with E-state index in [1.54, 1.807) is 5.57 Å². The third-order valence-electron chi connectivity index (χ3n) is 4.20. The summed E-state index contributed by atoms with van der Waals surface area (Å²) in [6.07, 6.45) is 10.4. The van der Waals surface area contributed by atoms with Gasteiger partial charge in [0.2, 0.25) is 0 Å². The minimum atomic E-state index is -0.179.